The van der Waals surface area contributed by atoms with E-state index in [1.165, 1.54) is 0 Å². The molecule has 0 aliphatic carbocycles. The van der Waals surface area contributed by atoms with E-state index in [0.29, 0.717) is 58.9 Å². The second kappa shape index (κ2) is 8.99. The van der Waals surface area contributed by atoms with Gasteiger partial charge in [0.2, 0.25) is 5.91 Å². The van der Waals surface area contributed by atoms with Crippen LogP contribution >= 0.6 is 0 Å². The summed E-state index contributed by atoms with van der Waals surface area (Å²) in [6.07, 6.45) is 0.449. The minimum atomic E-state index is -0.471. The number of hydrogen-bond donors (Lipinski definition) is 0. The van der Waals surface area contributed by atoms with Crippen molar-refractivity contribution in [3.8, 4) is 0 Å². The van der Waals surface area contributed by atoms with Crippen LogP contribution in [0.3, 0.4) is 0 Å². The summed E-state index contributed by atoms with van der Waals surface area (Å²) in [5.41, 5.74) is 1.15. The molecule has 1 unspecified atom stereocenters. The molecule has 1 aromatic carbocycles. The maximum atomic E-state index is 12.6. The molecule has 0 radical (unpaired) electrons. The van der Waals surface area contributed by atoms with Gasteiger partial charge < -0.3 is 19.4 Å². The van der Waals surface area contributed by atoms with Crippen molar-refractivity contribution >= 4 is 17.7 Å². The number of benzene rings is 1. The van der Waals surface area contributed by atoms with Gasteiger partial charge in [-0.3, -0.25) is 14.4 Å². The maximum Gasteiger partial charge on any atom is 0.312 e. The summed E-state index contributed by atoms with van der Waals surface area (Å²) in [6.45, 7) is 5.67. The van der Waals surface area contributed by atoms with E-state index in [4.69, 9.17) is 4.74 Å². The van der Waals surface area contributed by atoms with E-state index in [2.05, 4.69) is 0 Å². The number of ether oxygens (including phenoxy) is 1. The molecule has 7 nitrogen and oxygen atoms in total. The lowest BCUT2D eigenvalue weighted by molar-refractivity contribution is -0.155. The van der Waals surface area contributed by atoms with Crippen molar-refractivity contribution < 1.29 is 19.1 Å². The average Bonchev–Trinajstić information content (AvgIpc) is 2.74. The minimum absolute atomic E-state index is 0.0953. The van der Waals surface area contributed by atoms with Crippen molar-refractivity contribution in [1.82, 2.24) is 14.7 Å². The van der Waals surface area contributed by atoms with E-state index in [-0.39, 0.29) is 11.8 Å². The fraction of sp³-hybridized carbons (Fsp3) is 0.550. The van der Waals surface area contributed by atoms with Crippen molar-refractivity contribution in [1.29, 1.82) is 0 Å². The van der Waals surface area contributed by atoms with Gasteiger partial charge in [0.25, 0.3) is 0 Å². The predicted octanol–water partition coefficient (Wildman–Crippen LogP) is 0.710. The minimum Gasteiger partial charge on any atom is -0.378 e. The Hall–Kier alpha value is -2.41. The topological polar surface area (TPSA) is 70.2 Å². The molecule has 1 aromatic rings. The van der Waals surface area contributed by atoms with Crippen LogP contribution in [0.4, 0.5) is 0 Å². The van der Waals surface area contributed by atoms with Crippen LogP contribution in [-0.4, -0.2) is 84.9 Å². The number of carbonyl (C=O) groups excluding carboxylic acids is 3. The van der Waals surface area contributed by atoms with Crippen molar-refractivity contribution in [2.24, 2.45) is 0 Å². The van der Waals surface area contributed by atoms with Crippen LogP contribution in [-0.2, 0) is 19.1 Å². The van der Waals surface area contributed by atoms with Gasteiger partial charge in [0.15, 0.2) is 0 Å². The molecule has 0 bridgehead atoms. The van der Waals surface area contributed by atoms with Gasteiger partial charge in [-0.05, 0) is 11.5 Å². The van der Waals surface area contributed by atoms with Gasteiger partial charge in [-0.1, -0.05) is 37.3 Å². The van der Waals surface area contributed by atoms with Crippen molar-refractivity contribution in [2.75, 3.05) is 52.5 Å². The Labute approximate surface area is 159 Å². The molecule has 2 fully saturated rings. The number of rotatable bonds is 3. The third-order valence-electron chi connectivity index (χ3n) is 5.25. The van der Waals surface area contributed by atoms with E-state index < -0.39 is 11.8 Å². The summed E-state index contributed by atoms with van der Waals surface area (Å²) in [4.78, 5) is 42.2. The molecule has 7 heteroatoms. The summed E-state index contributed by atoms with van der Waals surface area (Å²) >= 11 is 0. The van der Waals surface area contributed by atoms with Gasteiger partial charge >= 0.3 is 11.8 Å². The Morgan fingerprint density at radius 3 is 1.96 bits per heavy atom. The Morgan fingerprint density at radius 2 is 1.37 bits per heavy atom. The van der Waals surface area contributed by atoms with Crippen LogP contribution in [0.2, 0.25) is 0 Å². The fourth-order valence-corrected chi connectivity index (χ4v) is 3.49. The number of carbonyl (C=O) groups is 3. The van der Waals surface area contributed by atoms with Crippen LogP contribution in [0.1, 0.15) is 24.8 Å². The van der Waals surface area contributed by atoms with Gasteiger partial charge in [-0.15, -0.1) is 0 Å². The Kier molecular flexibility index (Phi) is 6.45. The zero-order chi connectivity index (χ0) is 19.2. The maximum absolute atomic E-state index is 12.6. The third-order valence-corrected chi connectivity index (χ3v) is 5.25. The van der Waals surface area contributed by atoms with Gasteiger partial charge in [-0.2, -0.15) is 0 Å². The normalized spacial score (nSPS) is 18.9. The van der Waals surface area contributed by atoms with E-state index in [0.717, 1.165) is 5.56 Å². The Balaban J connectivity index is 1.47. The SMILES string of the molecule is CC(CC(=O)N1CCN(C(=O)C(=O)N2CCOCC2)CC1)c1ccccc1. The fourth-order valence-electron chi connectivity index (χ4n) is 3.49. The molecule has 2 aliphatic heterocycles. The smallest absolute Gasteiger partial charge is 0.312 e. The molecule has 0 N–H and O–H groups in total. The first kappa shape index (κ1) is 19.4. The molecular formula is C20H27N3O4. The largest absolute Gasteiger partial charge is 0.378 e. The zero-order valence-corrected chi connectivity index (χ0v) is 15.8. The van der Waals surface area contributed by atoms with Crippen LogP contribution < -0.4 is 0 Å². The summed E-state index contributed by atoms with van der Waals surface area (Å²) in [5, 5.41) is 0. The molecule has 0 saturated carbocycles. The first-order valence-electron chi connectivity index (χ1n) is 9.55. The first-order chi connectivity index (χ1) is 13.1. The number of amides is 3. The second-order valence-corrected chi connectivity index (χ2v) is 7.09. The van der Waals surface area contributed by atoms with Crippen LogP contribution in [0.25, 0.3) is 0 Å². The van der Waals surface area contributed by atoms with Gasteiger partial charge in [0.05, 0.1) is 13.2 Å². The van der Waals surface area contributed by atoms with Gasteiger partial charge in [-0.25, -0.2) is 0 Å². The lowest BCUT2D eigenvalue weighted by atomic mass is 9.97. The molecule has 27 heavy (non-hydrogen) atoms. The lowest BCUT2D eigenvalue weighted by Gasteiger charge is -2.36. The molecule has 1 atom stereocenters. The van der Waals surface area contributed by atoms with Crippen molar-refractivity contribution in [2.45, 2.75) is 19.3 Å². The molecule has 2 aliphatic rings. The van der Waals surface area contributed by atoms with Crippen LogP contribution in [0, 0.1) is 0 Å². The van der Waals surface area contributed by atoms with E-state index in [1.54, 1.807) is 14.7 Å². The summed E-state index contributed by atoms with van der Waals surface area (Å²) in [5.74, 6) is -0.684. The van der Waals surface area contributed by atoms with Crippen LogP contribution in [0.5, 0.6) is 0 Å². The molecule has 0 aromatic heterocycles. The molecule has 2 saturated heterocycles. The Bertz CT molecular complexity index is 665. The standard InChI is InChI=1S/C20H27N3O4/c1-16(17-5-3-2-4-6-17)15-18(24)21-7-9-22(10-8-21)19(25)20(26)23-11-13-27-14-12-23/h2-6,16H,7-15H2,1H3. The summed E-state index contributed by atoms with van der Waals surface area (Å²) in [6, 6.07) is 9.99. The highest BCUT2D eigenvalue weighted by atomic mass is 16.5. The van der Waals surface area contributed by atoms with E-state index in [9.17, 15) is 14.4 Å². The number of hydrogen-bond acceptors (Lipinski definition) is 4. The molecule has 3 rings (SSSR count). The second-order valence-electron chi connectivity index (χ2n) is 7.09. The number of morpholine rings is 1. The number of nitrogens with zero attached hydrogens (tertiary/aromatic N) is 3. The lowest BCUT2D eigenvalue weighted by Crippen LogP contribution is -2.55. The van der Waals surface area contributed by atoms with Gasteiger partial charge in [0.1, 0.15) is 0 Å². The highest BCUT2D eigenvalue weighted by Gasteiger charge is 2.31. The monoisotopic (exact) mass is 373 g/mol. The quantitative estimate of drug-likeness (QED) is 0.732. The zero-order valence-electron chi connectivity index (χ0n) is 15.8. The first-order valence-corrected chi connectivity index (χ1v) is 9.55. The summed E-state index contributed by atoms with van der Waals surface area (Å²) in [7, 11) is 0. The highest BCUT2D eigenvalue weighted by molar-refractivity contribution is 6.34. The van der Waals surface area contributed by atoms with Gasteiger partial charge in [0, 0.05) is 45.7 Å². The number of piperazine rings is 1. The molecule has 146 valence electrons. The predicted molar refractivity (Wildman–Crippen MR) is 100 cm³/mol. The Morgan fingerprint density at radius 1 is 0.852 bits per heavy atom. The molecule has 3 amide bonds. The van der Waals surface area contributed by atoms with Crippen LogP contribution in [0.15, 0.2) is 30.3 Å². The molecule has 2 heterocycles. The van der Waals surface area contributed by atoms with Crippen molar-refractivity contribution in [3.63, 3.8) is 0 Å². The summed E-state index contributed by atoms with van der Waals surface area (Å²) < 4.78 is 5.22. The van der Waals surface area contributed by atoms with E-state index in [1.807, 2.05) is 37.3 Å². The third kappa shape index (κ3) is 4.86. The average molecular weight is 373 g/mol. The van der Waals surface area contributed by atoms with Crippen molar-refractivity contribution in [3.05, 3.63) is 35.9 Å². The molecule has 0 spiro atoms. The highest BCUT2D eigenvalue weighted by Crippen LogP contribution is 2.20. The van der Waals surface area contributed by atoms with E-state index >= 15 is 0 Å². The molecular weight excluding hydrogens is 346 g/mol.